The first-order valence-corrected chi connectivity index (χ1v) is 7.52. The summed E-state index contributed by atoms with van der Waals surface area (Å²) in [5, 5.41) is 10.2. The minimum atomic E-state index is -5.14. The second-order valence-electron chi connectivity index (χ2n) is 5.41. The van der Waals surface area contributed by atoms with E-state index in [1.165, 1.54) is 31.4 Å². The molecule has 0 aliphatic carbocycles. The first kappa shape index (κ1) is 19.2. The lowest BCUT2D eigenvalue weighted by atomic mass is 10.0. The summed E-state index contributed by atoms with van der Waals surface area (Å²) >= 11 is 0. The van der Waals surface area contributed by atoms with Gasteiger partial charge in [0, 0.05) is 11.8 Å². The number of benzene rings is 2. The number of ketones is 1. The monoisotopic (exact) mass is 363 g/mol. The summed E-state index contributed by atoms with van der Waals surface area (Å²) in [6, 6.07) is 12.2. The Morgan fingerprint density at radius 2 is 1.65 bits per heavy atom. The van der Waals surface area contributed by atoms with Crippen LogP contribution in [0.1, 0.15) is 11.1 Å². The minimum Gasteiger partial charge on any atom is -0.506 e. The van der Waals surface area contributed by atoms with Gasteiger partial charge in [-0.25, -0.2) is 0 Å². The van der Waals surface area contributed by atoms with Crippen LogP contribution in [-0.4, -0.2) is 30.4 Å². The second-order valence-corrected chi connectivity index (χ2v) is 5.41. The Labute approximate surface area is 148 Å². The molecule has 0 aromatic heterocycles. The van der Waals surface area contributed by atoms with Crippen LogP contribution < -0.4 is 4.74 Å². The topological polar surface area (TPSA) is 58.9 Å². The summed E-state index contributed by atoms with van der Waals surface area (Å²) in [5.74, 6) is -2.54. The Morgan fingerprint density at radius 3 is 2.15 bits per heavy atom. The molecule has 0 bridgehead atoms. The summed E-state index contributed by atoms with van der Waals surface area (Å²) < 4.78 is 43.6. The van der Waals surface area contributed by atoms with Crippen molar-refractivity contribution >= 4 is 23.4 Å². The van der Waals surface area contributed by atoms with Gasteiger partial charge in [0.05, 0.1) is 18.4 Å². The van der Waals surface area contributed by atoms with Gasteiger partial charge in [0.2, 0.25) is 0 Å². The highest BCUT2D eigenvalue weighted by atomic mass is 19.4. The molecule has 0 saturated carbocycles. The predicted molar refractivity (Wildman–Crippen MR) is 92.9 cm³/mol. The maximum Gasteiger partial charge on any atom is 0.455 e. The van der Waals surface area contributed by atoms with Crippen molar-refractivity contribution in [3.05, 3.63) is 65.2 Å². The van der Waals surface area contributed by atoms with E-state index in [0.717, 1.165) is 11.8 Å². The molecule has 7 heteroatoms. The van der Waals surface area contributed by atoms with Crippen molar-refractivity contribution in [2.45, 2.75) is 13.1 Å². The number of aryl methyl sites for hydroxylation is 1. The molecule has 136 valence electrons. The fourth-order valence-electron chi connectivity index (χ4n) is 2.05. The Hall–Kier alpha value is -3.09. The molecule has 0 fully saturated rings. The summed E-state index contributed by atoms with van der Waals surface area (Å²) in [6.45, 7) is 1.85. The van der Waals surface area contributed by atoms with Crippen molar-refractivity contribution in [1.82, 2.24) is 0 Å². The number of carbonyl (C=O) groups excluding carboxylic acids is 1. The third-order valence-corrected chi connectivity index (χ3v) is 3.50. The van der Waals surface area contributed by atoms with E-state index < -0.39 is 23.3 Å². The number of allylic oxidation sites excluding steroid dienone is 1. The third kappa shape index (κ3) is 4.72. The van der Waals surface area contributed by atoms with Crippen molar-refractivity contribution in [1.29, 1.82) is 0 Å². The van der Waals surface area contributed by atoms with Gasteiger partial charge in [-0.05, 0) is 43.3 Å². The van der Waals surface area contributed by atoms with E-state index in [1.54, 1.807) is 24.3 Å². The van der Waals surface area contributed by atoms with E-state index in [9.17, 15) is 23.1 Å². The molecule has 0 heterocycles. The van der Waals surface area contributed by atoms with Gasteiger partial charge in [-0.15, -0.1) is 0 Å². The highest BCUT2D eigenvalue weighted by molar-refractivity contribution is 6.20. The van der Waals surface area contributed by atoms with Gasteiger partial charge in [0.25, 0.3) is 5.78 Å². The lowest BCUT2D eigenvalue weighted by Crippen LogP contribution is -2.26. The molecule has 26 heavy (non-hydrogen) atoms. The standard InChI is InChI=1S/C19H16F3NO3/c1-12-3-7-14(8-4-12)23-11-16(18(25)19(20,21)22)17(24)13-5-9-15(26-2)10-6-13/h3-11,24H,1-2H3/b17-16-,23-11?. The van der Waals surface area contributed by atoms with Crippen LogP contribution in [-0.2, 0) is 4.79 Å². The minimum absolute atomic E-state index is 0.0359. The fraction of sp³-hybridized carbons (Fsp3) is 0.158. The average molecular weight is 363 g/mol. The number of aliphatic hydroxyl groups is 1. The zero-order valence-electron chi connectivity index (χ0n) is 14.0. The van der Waals surface area contributed by atoms with Crippen molar-refractivity contribution in [3.63, 3.8) is 0 Å². The molecule has 0 radical (unpaired) electrons. The molecule has 2 aromatic rings. The number of carbonyl (C=O) groups is 1. The van der Waals surface area contributed by atoms with Crippen molar-refractivity contribution in [3.8, 4) is 5.75 Å². The number of Topliss-reactive ketones (excluding diaryl/α,β-unsaturated/α-hetero) is 1. The molecular weight excluding hydrogens is 347 g/mol. The van der Waals surface area contributed by atoms with Crippen LogP contribution in [0.5, 0.6) is 5.75 Å². The van der Waals surface area contributed by atoms with E-state index >= 15 is 0 Å². The predicted octanol–water partition coefficient (Wildman–Crippen LogP) is 4.81. The van der Waals surface area contributed by atoms with Crippen LogP contribution >= 0.6 is 0 Å². The van der Waals surface area contributed by atoms with Crippen LogP contribution in [0, 0.1) is 6.92 Å². The van der Waals surface area contributed by atoms with E-state index in [-0.39, 0.29) is 5.56 Å². The van der Waals surface area contributed by atoms with Gasteiger partial charge in [0.15, 0.2) is 0 Å². The SMILES string of the molecule is COc1ccc(/C(O)=C(\C=Nc2ccc(C)cc2)C(=O)C(F)(F)F)cc1. The van der Waals surface area contributed by atoms with Crippen molar-refractivity contribution in [2.24, 2.45) is 4.99 Å². The Kier molecular flexibility index (Phi) is 5.82. The molecule has 0 spiro atoms. The molecular formula is C19H16F3NO3. The number of nitrogens with zero attached hydrogens (tertiary/aromatic N) is 1. The number of aliphatic imine (C=N–C) groups is 1. The van der Waals surface area contributed by atoms with Gasteiger partial charge >= 0.3 is 6.18 Å². The first-order valence-electron chi connectivity index (χ1n) is 7.52. The van der Waals surface area contributed by atoms with Crippen LogP contribution in [0.25, 0.3) is 5.76 Å². The molecule has 2 aromatic carbocycles. The molecule has 4 nitrogen and oxygen atoms in total. The van der Waals surface area contributed by atoms with Crippen LogP contribution in [0.15, 0.2) is 59.1 Å². The zero-order chi connectivity index (χ0) is 19.3. The van der Waals surface area contributed by atoms with E-state index in [2.05, 4.69) is 4.99 Å². The second kappa shape index (κ2) is 7.86. The summed E-state index contributed by atoms with van der Waals surface area (Å²) in [4.78, 5) is 15.6. The van der Waals surface area contributed by atoms with Gasteiger partial charge in [-0.1, -0.05) is 17.7 Å². The number of hydrogen-bond donors (Lipinski definition) is 1. The van der Waals surface area contributed by atoms with Crippen LogP contribution in [0.2, 0.25) is 0 Å². The number of halogens is 3. The van der Waals surface area contributed by atoms with Crippen LogP contribution in [0.3, 0.4) is 0 Å². The Bertz CT molecular complexity index is 836. The third-order valence-electron chi connectivity index (χ3n) is 3.50. The van der Waals surface area contributed by atoms with E-state index in [1.807, 2.05) is 6.92 Å². The maximum atomic E-state index is 12.9. The summed E-state index contributed by atoms with van der Waals surface area (Å²) in [6.07, 6.45) is -4.42. The Morgan fingerprint density at radius 1 is 1.08 bits per heavy atom. The van der Waals surface area contributed by atoms with Gasteiger partial charge in [-0.3, -0.25) is 9.79 Å². The van der Waals surface area contributed by atoms with Crippen LogP contribution in [0.4, 0.5) is 18.9 Å². The molecule has 0 atom stereocenters. The molecule has 0 aliphatic heterocycles. The number of methoxy groups -OCH3 is 1. The van der Waals surface area contributed by atoms with E-state index in [0.29, 0.717) is 11.4 Å². The fourth-order valence-corrected chi connectivity index (χ4v) is 2.05. The molecule has 0 saturated heterocycles. The van der Waals surface area contributed by atoms with Gasteiger partial charge < -0.3 is 9.84 Å². The number of ether oxygens (including phenoxy) is 1. The molecule has 1 N–H and O–H groups in total. The lowest BCUT2D eigenvalue weighted by Gasteiger charge is -2.09. The van der Waals surface area contributed by atoms with Gasteiger partial charge in [-0.2, -0.15) is 13.2 Å². The summed E-state index contributed by atoms with van der Waals surface area (Å²) in [7, 11) is 1.43. The number of aliphatic hydroxyl groups excluding tert-OH is 1. The highest BCUT2D eigenvalue weighted by Crippen LogP contribution is 2.26. The number of alkyl halides is 3. The molecule has 0 aliphatic rings. The van der Waals surface area contributed by atoms with Crippen molar-refractivity contribution < 1.29 is 27.8 Å². The van der Waals surface area contributed by atoms with Gasteiger partial charge in [0.1, 0.15) is 11.5 Å². The summed E-state index contributed by atoms with van der Waals surface area (Å²) in [5.41, 5.74) is 0.398. The largest absolute Gasteiger partial charge is 0.506 e. The zero-order valence-corrected chi connectivity index (χ0v) is 14.0. The average Bonchev–Trinajstić information content (AvgIpc) is 2.62. The number of rotatable bonds is 5. The normalized spacial score (nSPS) is 12.8. The Balaban J connectivity index is 2.48. The first-order chi connectivity index (χ1) is 12.2. The lowest BCUT2D eigenvalue weighted by molar-refractivity contribution is -0.165. The highest BCUT2D eigenvalue weighted by Gasteiger charge is 2.41. The molecule has 0 unspecified atom stereocenters. The number of hydrogen-bond acceptors (Lipinski definition) is 4. The quantitative estimate of drug-likeness (QED) is 0.471. The molecule has 2 rings (SSSR count). The van der Waals surface area contributed by atoms with Crippen molar-refractivity contribution in [2.75, 3.05) is 7.11 Å². The smallest absolute Gasteiger partial charge is 0.455 e. The van der Waals surface area contributed by atoms with E-state index in [4.69, 9.17) is 4.74 Å². The maximum absolute atomic E-state index is 12.9. The molecule has 0 amide bonds.